The van der Waals surface area contributed by atoms with E-state index < -0.39 is 0 Å². The van der Waals surface area contributed by atoms with Gasteiger partial charge in [0.15, 0.2) is 5.13 Å². The van der Waals surface area contributed by atoms with Crippen LogP contribution in [0, 0.1) is 18.7 Å². The van der Waals surface area contributed by atoms with Crippen LogP contribution < -0.4 is 9.62 Å². The molecule has 1 amide bonds. The Labute approximate surface area is 204 Å². The third-order valence-corrected chi connectivity index (χ3v) is 7.18. The molecule has 1 aliphatic heterocycles. The number of allylic oxidation sites excluding steroid dienone is 2. The summed E-state index contributed by atoms with van der Waals surface area (Å²) in [6.45, 7) is 9.17. The van der Waals surface area contributed by atoms with Gasteiger partial charge < -0.3 is 9.62 Å². The van der Waals surface area contributed by atoms with Gasteiger partial charge in [0.2, 0.25) is 5.91 Å². The van der Waals surface area contributed by atoms with Gasteiger partial charge in [-0.3, -0.25) is 9.69 Å². The molecule has 0 aliphatic carbocycles. The molecule has 1 aromatic carbocycles. The molecule has 2 aromatic rings. The van der Waals surface area contributed by atoms with Crippen molar-refractivity contribution >= 4 is 40.0 Å². The maximum atomic E-state index is 13.6. The van der Waals surface area contributed by atoms with Crippen LogP contribution in [-0.4, -0.2) is 42.0 Å². The molecule has 0 bridgehead atoms. The number of rotatable bonds is 11. The Balaban J connectivity index is 1.55. The average Bonchev–Trinajstić information content (AvgIpc) is 3.48. The zero-order valence-corrected chi connectivity index (χ0v) is 21.2. The molecule has 1 unspecified atom stereocenters. The van der Waals surface area contributed by atoms with Gasteiger partial charge in [-0.05, 0) is 74.5 Å². The third kappa shape index (κ3) is 7.42. The summed E-state index contributed by atoms with van der Waals surface area (Å²) in [4.78, 5) is 22.9. The van der Waals surface area contributed by atoms with Crippen LogP contribution in [-0.2, 0) is 4.79 Å². The monoisotopic (exact) mass is 488 g/mol. The Hall–Kier alpha value is -2.16. The number of thiazole rings is 1. The fraction of sp³-hybridized carbons (Fsp3) is 0.440. The highest BCUT2D eigenvalue weighted by Crippen LogP contribution is 2.27. The van der Waals surface area contributed by atoms with Crippen LogP contribution in [0.3, 0.4) is 0 Å². The van der Waals surface area contributed by atoms with Crippen LogP contribution in [0.5, 0.6) is 0 Å². The number of carbonyl (C=O) groups is 1. The highest BCUT2D eigenvalue weighted by molar-refractivity contribution is 8.04. The smallest absolute Gasteiger partial charge is 0.231 e. The SMILES string of the molecule is CC/C=C(\C=C/CN1CCC(C(=O)N(CCC)c2ccc(F)cc2C)C1)SNc1nccs1. The minimum absolute atomic E-state index is 0.0268. The van der Waals surface area contributed by atoms with Crippen molar-refractivity contribution < 1.29 is 9.18 Å². The molecule has 2 heterocycles. The van der Waals surface area contributed by atoms with Gasteiger partial charge in [0.05, 0.1) is 5.92 Å². The number of hydrogen-bond acceptors (Lipinski definition) is 6. The fourth-order valence-corrected chi connectivity index (χ4v) is 5.32. The van der Waals surface area contributed by atoms with Gasteiger partial charge in [0.1, 0.15) is 5.82 Å². The van der Waals surface area contributed by atoms with Crippen LogP contribution in [0.4, 0.5) is 15.2 Å². The molecule has 0 radical (unpaired) electrons. The van der Waals surface area contributed by atoms with E-state index in [2.05, 4.69) is 46.7 Å². The largest absolute Gasteiger partial charge is 0.312 e. The summed E-state index contributed by atoms with van der Waals surface area (Å²) in [5, 5.41) is 2.84. The first-order valence-corrected chi connectivity index (χ1v) is 13.2. The van der Waals surface area contributed by atoms with Gasteiger partial charge >= 0.3 is 0 Å². The number of carbonyl (C=O) groups excluding carboxylic acids is 1. The zero-order chi connectivity index (χ0) is 23.6. The molecule has 0 saturated carbocycles. The quantitative estimate of drug-likeness (QED) is 0.299. The van der Waals surface area contributed by atoms with Crippen molar-refractivity contribution in [3.05, 3.63) is 64.3 Å². The zero-order valence-electron chi connectivity index (χ0n) is 19.6. The van der Waals surface area contributed by atoms with Gasteiger partial charge in [0, 0.05) is 41.8 Å². The van der Waals surface area contributed by atoms with Crippen molar-refractivity contribution in [2.45, 2.75) is 40.0 Å². The van der Waals surface area contributed by atoms with E-state index in [1.54, 1.807) is 35.5 Å². The van der Waals surface area contributed by atoms with Crippen LogP contribution >= 0.6 is 23.3 Å². The van der Waals surface area contributed by atoms with Crippen molar-refractivity contribution in [1.29, 1.82) is 0 Å². The Morgan fingerprint density at radius 3 is 2.97 bits per heavy atom. The number of nitrogens with one attached hydrogen (secondary N) is 1. The number of aromatic nitrogens is 1. The predicted molar refractivity (Wildman–Crippen MR) is 139 cm³/mol. The molecule has 1 aromatic heterocycles. The Morgan fingerprint density at radius 1 is 1.42 bits per heavy atom. The second-order valence-corrected chi connectivity index (χ2v) is 9.90. The number of benzene rings is 1. The van der Waals surface area contributed by atoms with Crippen LogP contribution in [0.15, 0.2) is 52.9 Å². The molecule has 1 aliphatic rings. The maximum absolute atomic E-state index is 13.6. The molecule has 8 heteroatoms. The molecule has 178 valence electrons. The standard InChI is InChI=1S/C25H33FN4OS2/c1-4-7-22(33-28-25-27-12-16-32-25)8-6-14-29-15-11-20(18-29)24(31)30(13-5-2)23-10-9-21(26)17-19(23)3/h6-10,12,16-17,20H,4-5,11,13-15,18H2,1-3H3,(H,27,28)/b8-6-,22-7+. The van der Waals surface area contributed by atoms with Crippen molar-refractivity contribution in [2.24, 2.45) is 5.92 Å². The molecule has 3 rings (SSSR count). The van der Waals surface area contributed by atoms with Crippen molar-refractivity contribution in [3.8, 4) is 0 Å². The minimum atomic E-state index is -0.268. The second-order valence-electron chi connectivity index (χ2n) is 8.12. The average molecular weight is 489 g/mol. The van der Waals surface area contributed by atoms with Gasteiger partial charge in [0.25, 0.3) is 0 Å². The van der Waals surface area contributed by atoms with Crippen LogP contribution in [0.25, 0.3) is 0 Å². The van der Waals surface area contributed by atoms with Crippen molar-refractivity contribution in [2.75, 3.05) is 35.8 Å². The Bertz CT molecular complexity index is 961. The van der Waals surface area contributed by atoms with Crippen molar-refractivity contribution in [3.63, 3.8) is 0 Å². The predicted octanol–water partition coefficient (Wildman–Crippen LogP) is 6.27. The summed E-state index contributed by atoms with van der Waals surface area (Å²) < 4.78 is 16.8. The van der Waals surface area contributed by atoms with Gasteiger partial charge in [-0.2, -0.15) is 0 Å². The minimum Gasteiger partial charge on any atom is -0.312 e. The molecular formula is C25H33FN4OS2. The van der Waals surface area contributed by atoms with Crippen LogP contribution in [0.2, 0.25) is 0 Å². The molecule has 1 fully saturated rings. The normalized spacial score (nSPS) is 17.1. The van der Waals surface area contributed by atoms with E-state index in [1.165, 1.54) is 12.1 Å². The van der Waals surface area contributed by atoms with E-state index in [0.717, 1.165) is 60.2 Å². The van der Waals surface area contributed by atoms with E-state index in [1.807, 2.05) is 17.2 Å². The number of aryl methyl sites for hydroxylation is 1. The topological polar surface area (TPSA) is 48.5 Å². The van der Waals surface area contributed by atoms with Gasteiger partial charge in [-0.1, -0.05) is 26.0 Å². The van der Waals surface area contributed by atoms with Gasteiger partial charge in [-0.25, -0.2) is 9.37 Å². The van der Waals surface area contributed by atoms with Crippen LogP contribution in [0.1, 0.15) is 38.7 Å². The number of halogens is 1. The van der Waals surface area contributed by atoms with E-state index >= 15 is 0 Å². The van der Waals surface area contributed by atoms with E-state index in [-0.39, 0.29) is 17.6 Å². The molecule has 5 nitrogen and oxygen atoms in total. The molecule has 1 atom stereocenters. The first-order chi connectivity index (χ1) is 16.0. The summed E-state index contributed by atoms with van der Waals surface area (Å²) in [5.74, 6) is -0.149. The lowest BCUT2D eigenvalue weighted by Gasteiger charge is -2.27. The molecule has 0 spiro atoms. The molecular weight excluding hydrogens is 455 g/mol. The highest BCUT2D eigenvalue weighted by atomic mass is 32.2. The third-order valence-electron chi connectivity index (χ3n) is 5.52. The fourth-order valence-electron chi connectivity index (χ4n) is 3.95. The van der Waals surface area contributed by atoms with E-state index in [4.69, 9.17) is 0 Å². The molecule has 33 heavy (non-hydrogen) atoms. The van der Waals surface area contributed by atoms with E-state index in [0.29, 0.717) is 6.54 Å². The number of anilines is 2. The number of amides is 1. The first-order valence-electron chi connectivity index (χ1n) is 11.5. The first kappa shape index (κ1) is 25.5. The number of likely N-dealkylation sites (tertiary alicyclic amines) is 1. The Morgan fingerprint density at radius 2 is 2.27 bits per heavy atom. The second kappa shape index (κ2) is 12.9. The maximum Gasteiger partial charge on any atom is 0.231 e. The van der Waals surface area contributed by atoms with Gasteiger partial charge in [-0.15, -0.1) is 11.3 Å². The summed E-state index contributed by atoms with van der Waals surface area (Å²) in [7, 11) is 0. The molecule has 1 saturated heterocycles. The lowest BCUT2D eigenvalue weighted by Crippen LogP contribution is -2.38. The lowest BCUT2D eigenvalue weighted by atomic mass is 10.1. The molecule has 1 N–H and O–H groups in total. The number of hydrogen-bond donors (Lipinski definition) is 1. The summed E-state index contributed by atoms with van der Waals surface area (Å²) in [5.41, 5.74) is 1.62. The Kier molecular flexibility index (Phi) is 9.96. The summed E-state index contributed by atoms with van der Waals surface area (Å²) in [6, 6.07) is 4.67. The lowest BCUT2D eigenvalue weighted by molar-refractivity contribution is -0.122. The summed E-state index contributed by atoms with van der Waals surface area (Å²) >= 11 is 3.15. The van der Waals surface area contributed by atoms with Crippen molar-refractivity contribution in [1.82, 2.24) is 9.88 Å². The van der Waals surface area contributed by atoms with E-state index in [9.17, 15) is 9.18 Å². The highest BCUT2D eigenvalue weighted by Gasteiger charge is 2.31. The summed E-state index contributed by atoms with van der Waals surface area (Å²) in [6.07, 6.45) is 10.9. The number of nitrogens with zero attached hydrogens (tertiary/aromatic N) is 3.